The van der Waals surface area contributed by atoms with Crippen molar-refractivity contribution in [3.8, 4) is 22.3 Å². The van der Waals surface area contributed by atoms with Crippen molar-refractivity contribution >= 4 is 65.0 Å². The van der Waals surface area contributed by atoms with E-state index >= 15 is 0 Å². The number of furan rings is 1. The van der Waals surface area contributed by atoms with E-state index in [4.69, 9.17) is 16.8 Å². The monoisotopic (exact) mass is 535 g/mol. The van der Waals surface area contributed by atoms with Crippen LogP contribution in [0.4, 0.5) is 0 Å². The van der Waals surface area contributed by atoms with Crippen molar-refractivity contribution in [3.05, 3.63) is 145 Å². The molecule has 1 heteroatoms. The molecule has 0 spiro atoms. The van der Waals surface area contributed by atoms with E-state index in [-0.39, 0.29) is 32.7 Å². The molecule has 1 nitrogen and oxygen atoms in total. The van der Waals surface area contributed by atoms with Gasteiger partial charge in [-0.1, -0.05) is 115 Å². The van der Waals surface area contributed by atoms with Gasteiger partial charge in [-0.05, 0) is 95.7 Å². The standard InChI is InChI=1S/C40H24O/c1-2-10-26-21-29(18-17-25(26)9-1)39-31-13-5-7-15-33(31)40(34-16-8-6-14-32(34)39)30-19-20-37-35(23-30)36-22-27-11-3-4-12-28(27)24-38(36)41-37/h1-24H/i1D,2D,5D,6D,7D,8D,9D,10D,13D,14D,15D,16D,17D,18D,21D. The van der Waals surface area contributed by atoms with Gasteiger partial charge in [0.1, 0.15) is 11.2 Å². The van der Waals surface area contributed by atoms with Gasteiger partial charge in [0.05, 0.1) is 20.6 Å². The minimum Gasteiger partial charge on any atom is -0.456 e. The smallest absolute Gasteiger partial charge is 0.136 e. The van der Waals surface area contributed by atoms with Crippen LogP contribution in [0.15, 0.2) is 150 Å². The molecule has 9 rings (SSSR count). The molecule has 0 atom stereocenters. The largest absolute Gasteiger partial charge is 0.456 e. The third-order valence-corrected chi connectivity index (χ3v) is 7.50. The molecule has 41 heavy (non-hydrogen) atoms. The molecule has 0 N–H and O–H groups in total. The number of rotatable bonds is 2. The van der Waals surface area contributed by atoms with Crippen LogP contribution in [-0.2, 0) is 0 Å². The second-order valence-electron chi connectivity index (χ2n) is 9.76. The highest BCUT2D eigenvalue weighted by Gasteiger charge is 2.18. The molecular formula is C40H24O. The molecule has 0 radical (unpaired) electrons. The van der Waals surface area contributed by atoms with E-state index < -0.39 is 107 Å². The first-order valence-electron chi connectivity index (χ1n) is 20.4. The van der Waals surface area contributed by atoms with Gasteiger partial charge in [0.15, 0.2) is 0 Å². The molecule has 0 saturated carbocycles. The minimum atomic E-state index is -0.735. The summed E-state index contributed by atoms with van der Waals surface area (Å²) in [6.07, 6.45) is 0. The number of fused-ring (bicyclic) bond motifs is 7. The van der Waals surface area contributed by atoms with Crippen LogP contribution in [0.25, 0.3) is 87.3 Å². The van der Waals surface area contributed by atoms with E-state index in [1.165, 1.54) is 0 Å². The van der Waals surface area contributed by atoms with Crippen LogP contribution in [0.5, 0.6) is 0 Å². The van der Waals surface area contributed by atoms with E-state index in [0.717, 1.165) is 16.2 Å². The second-order valence-corrected chi connectivity index (χ2v) is 9.76. The summed E-state index contributed by atoms with van der Waals surface area (Å²) in [6, 6.07) is 6.64. The maximum Gasteiger partial charge on any atom is 0.136 e. The molecule has 0 bridgehead atoms. The lowest BCUT2D eigenvalue weighted by Gasteiger charge is -2.18. The molecule has 8 aromatic carbocycles. The zero-order chi connectivity index (χ0) is 40.0. The Balaban J connectivity index is 1.55. The molecule has 0 saturated heterocycles. The lowest BCUT2D eigenvalue weighted by Crippen LogP contribution is -1.91. The lowest BCUT2D eigenvalue weighted by atomic mass is 9.85. The van der Waals surface area contributed by atoms with Gasteiger partial charge in [0, 0.05) is 10.8 Å². The molecular weight excluding hydrogens is 496 g/mol. The third kappa shape index (κ3) is 3.36. The van der Waals surface area contributed by atoms with Crippen LogP contribution in [-0.4, -0.2) is 0 Å². The van der Waals surface area contributed by atoms with Gasteiger partial charge in [-0.15, -0.1) is 0 Å². The van der Waals surface area contributed by atoms with Gasteiger partial charge >= 0.3 is 0 Å². The fourth-order valence-corrected chi connectivity index (χ4v) is 5.69. The molecule has 0 fully saturated rings. The normalized spacial score (nSPS) is 17.0. The van der Waals surface area contributed by atoms with Crippen LogP contribution >= 0.6 is 0 Å². The summed E-state index contributed by atoms with van der Waals surface area (Å²) in [5.74, 6) is 0. The summed E-state index contributed by atoms with van der Waals surface area (Å²) in [7, 11) is 0. The van der Waals surface area contributed by atoms with Crippen molar-refractivity contribution < 1.29 is 25.0 Å². The predicted octanol–water partition coefficient (Wildman–Crippen LogP) is 11.5. The zero-order valence-corrected chi connectivity index (χ0v) is 21.1. The summed E-state index contributed by atoms with van der Waals surface area (Å²) in [5, 5.41) is 1.45. The Morgan fingerprint density at radius 1 is 0.415 bits per heavy atom. The van der Waals surface area contributed by atoms with E-state index in [9.17, 15) is 8.22 Å². The van der Waals surface area contributed by atoms with Crippen LogP contribution in [0.3, 0.4) is 0 Å². The third-order valence-electron chi connectivity index (χ3n) is 7.50. The minimum absolute atomic E-state index is 0.0293. The first-order valence-corrected chi connectivity index (χ1v) is 12.9. The average Bonchev–Trinajstić information content (AvgIpc) is 3.55. The maximum absolute atomic E-state index is 9.39. The summed E-state index contributed by atoms with van der Waals surface area (Å²) in [6.45, 7) is 0. The molecule has 9 aromatic rings. The molecule has 1 heterocycles. The average molecular weight is 536 g/mol. The molecule has 1 aromatic heterocycles. The van der Waals surface area contributed by atoms with Crippen molar-refractivity contribution in [1.29, 1.82) is 0 Å². The quantitative estimate of drug-likeness (QED) is 0.201. The van der Waals surface area contributed by atoms with Gasteiger partial charge in [0.2, 0.25) is 0 Å². The Kier molecular flexibility index (Phi) is 2.59. The molecule has 0 unspecified atom stereocenters. The van der Waals surface area contributed by atoms with Gasteiger partial charge in [0.25, 0.3) is 0 Å². The SMILES string of the molecule is [2H]c1c([2H])c([2H])c2c([2H])c(-c3c4c([2H])c([2H])c([2H])c([2H])c4c(-c4ccc5oc6cc7ccccc7cc6c5c4)c4c([2H])c([2H])c([2H])c([2H])c34)c([2H])c([2H])c2c1[2H]. The van der Waals surface area contributed by atoms with Gasteiger partial charge in [-0.2, -0.15) is 0 Å². The van der Waals surface area contributed by atoms with Crippen LogP contribution < -0.4 is 0 Å². The molecule has 0 aliphatic rings. The summed E-state index contributed by atoms with van der Waals surface area (Å²) < 4.78 is 140. The predicted molar refractivity (Wildman–Crippen MR) is 175 cm³/mol. The first kappa shape index (κ1) is 12.4. The zero-order valence-electron chi connectivity index (χ0n) is 36.1. The summed E-state index contributed by atoms with van der Waals surface area (Å²) in [5.41, 5.74) is 0.562. The maximum atomic E-state index is 9.39. The van der Waals surface area contributed by atoms with Crippen LogP contribution in [0.2, 0.25) is 0 Å². The number of hydrogen-bond donors (Lipinski definition) is 0. The van der Waals surface area contributed by atoms with E-state index in [0.29, 0.717) is 22.1 Å². The first-order chi connectivity index (χ1) is 26.6. The van der Waals surface area contributed by atoms with E-state index in [1.54, 1.807) is 18.2 Å². The molecule has 0 amide bonds. The highest BCUT2D eigenvalue weighted by molar-refractivity contribution is 6.22. The van der Waals surface area contributed by atoms with Gasteiger partial charge in [-0.3, -0.25) is 0 Å². The number of hydrogen-bond acceptors (Lipinski definition) is 1. The van der Waals surface area contributed by atoms with Crippen molar-refractivity contribution in [3.63, 3.8) is 0 Å². The summed E-state index contributed by atoms with van der Waals surface area (Å²) in [4.78, 5) is 0. The fraction of sp³-hybridized carbons (Fsp3) is 0. The van der Waals surface area contributed by atoms with Gasteiger partial charge < -0.3 is 4.42 Å². The topological polar surface area (TPSA) is 13.1 Å². The van der Waals surface area contributed by atoms with Crippen molar-refractivity contribution in [2.45, 2.75) is 0 Å². The molecule has 0 aliphatic carbocycles. The van der Waals surface area contributed by atoms with E-state index in [1.807, 2.05) is 36.4 Å². The molecule has 190 valence electrons. The Hall–Kier alpha value is -5.40. The fourth-order valence-electron chi connectivity index (χ4n) is 5.69. The lowest BCUT2D eigenvalue weighted by molar-refractivity contribution is 0.669. The van der Waals surface area contributed by atoms with E-state index in [2.05, 4.69) is 0 Å². The highest BCUT2D eigenvalue weighted by Crippen LogP contribution is 2.45. The Bertz CT molecular complexity index is 3230. The Labute approximate surface area is 258 Å². The molecule has 0 aliphatic heterocycles. The van der Waals surface area contributed by atoms with Crippen LogP contribution in [0, 0.1) is 0 Å². The van der Waals surface area contributed by atoms with Crippen LogP contribution in [0.1, 0.15) is 20.6 Å². The number of benzene rings is 8. The van der Waals surface area contributed by atoms with Gasteiger partial charge in [-0.25, -0.2) is 0 Å². The van der Waals surface area contributed by atoms with Crippen molar-refractivity contribution in [2.75, 3.05) is 0 Å². The highest BCUT2D eigenvalue weighted by atomic mass is 16.3. The Morgan fingerprint density at radius 2 is 1.00 bits per heavy atom. The van der Waals surface area contributed by atoms with Crippen molar-refractivity contribution in [2.24, 2.45) is 0 Å². The van der Waals surface area contributed by atoms with Crippen molar-refractivity contribution in [1.82, 2.24) is 0 Å². The summed E-state index contributed by atoms with van der Waals surface area (Å²) >= 11 is 0. The Morgan fingerprint density at radius 3 is 1.71 bits per heavy atom. The second kappa shape index (κ2) is 8.55.